The summed E-state index contributed by atoms with van der Waals surface area (Å²) < 4.78 is 0. The molecule has 0 amide bonds. The van der Waals surface area contributed by atoms with Crippen molar-refractivity contribution in [3.63, 3.8) is 0 Å². The molecule has 0 fully saturated rings. The van der Waals surface area contributed by atoms with Gasteiger partial charge in [0.25, 0.3) is 0 Å². The minimum atomic E-state index is -0.992. The van der Waals surface area contributed by atoms with Gasteiger partial charge in [0.2, 0.25) is 0 Å². The van der Waals surface area contributed by atoms with Gasteiger partial charge in [0, 0.05) is 5.56 Å². The van der Waals surface area contributed by atoms with Crippen molar-refractivity contribution in [2.45, 2.75) is 6.42 Å². The van der Waals surface area contributed by atoms with Crippen molar-refractivity contribution in [1.29, 1.82) is 0 Å². The van der Waals surface area contributed by atoms with E-state index in [1.54, 1.807) is 18.2 Å². The Labute approximate surface area is 135 Å². The van der Waals surface area contributed by atoms with E-state index in [0.29, 0.717) is 32.0 Å². The summed E-state index contributed by atoms with van der Waals surface area (Å²) in [5.74, 6) is -0.992. The standard InChI is InChI=1S/C13H7Cl4NO2/c14-7-3-4-8(15)12(17)11(7)13-9(16)2-1-6(18-13)5-10(19)20/h1-4H,5H2,(H,19,20). The van der Waals surface area contributed by atoms with E-state index in [9.17, 15) is 4.79 Å². The van der Waals surface area contributed by atoms with E-state index in [0.717, 1.165) is 0 Å². The molecule has 0 unspecified atom stereocenters. The number of aliphatic carboxylic acids is 1. The number of pyridine rings is 1. The molecule has 3 nitrogen and oxygen atoms in total. The van der Waals surface area contributed by atoms with Gasteiger partial charge in [-0.2, -0.15) is 0 Å². The third-order valence-corrected chi connectivity index (χ3v) is 3.94. The Morgan fingerprint density at radius 2 is 1.60 bits per heavy atom. The van der Waals surface area contributed by atoms with Crippen LogP contribution in [0, 0.1) is 0 Å². The first kappa shape index (κ1) is 15.4. The number of aromatic nitrogens is 1. The van der Waals surface area contributed by atoms with Gasteiger partial charge in [0.15, 0.2) is 0 Å². The summed E-state index contributed by atoms with van der Waals surface area (Å²) in [7, 11) is 0. The van der Waals surface area contributed by atoms with E-state index >= 15 is 0 Å². The Bertz CT molecular complexity index is 688. The Kier molecular flexibility index (Phi) is 4.76. The largest absolute Gasteiger partial charge is 0.481 e. The van der Waals surface area contributed by atoms with Gasteiger partial charge < -0.3 is 5.11 Å². The van der Waals surface area contributed by atoms with Crippen molar-refractivity contribution in [1.82, 2.24) is 4.98 Å². The number of carbonyl (C=O) groups is 1. The number of hydrogen-bond acceptors (Lipinski definition) is 2. The molecule has 0 spiro atoms. The second-order valence-electron chi connectivity index (χ2n) is 3.92. The lowest BCUT2D eigenvalue weighted by molar-refractivity contribution is -0.136. The highest BCUT2D eigenvalue weighted by molar-refractivity contribution is 6.46. The minimum Gasteiger partial charge on any atom is -0.481 e. The summed E-state index contributed by atoms with van der Waals surface area (Å²) in [5, 5.41) is 9.99. The summed E-state index contributed by atoms with van der Waals surface area (Å²) in [6.07, 6.45) is -0.222. The zero-order chi connectivity index (χ0) is 14.9. The molecule has 1 heterocycles. The Balaban J connectivity index is 2.63. The van der Waals surface area contributed by atoms with Crippen LogP contribution in [0.4, 0.5) is 0 Å². The lowest BCUT2D eigenvalue weighted by Crippen LogP contribution is -2.03. The predicted molar refractivity (Wildman–Crippen MR) is 81.1 cm³/mol. The van der Waals surface area contributed by atoms with E-state index in [4.69, 9.17) is 51.5 Å². The van der Waals surface area contributed by atoms with Gasteiger partial charge in [-0.25, -0.2) is 0 Å². The first-order valence-corrected chi connectivity index (χ1v) is 6.92. The van der Waals surface area contributed by atoms with E-state index in [-0.39, 0.29) is 11.4 Å². The van der Waals surface area contributed by atoms with Crippen LogP contribution in [0.25, 0.3) is 11.3 Å². The van der Waals surface area contributed by atoms with Gasteiger partial charge in [-0.15, -0.1) is 0 Å². The van der Waals surface area contributed by atoms with Gasteiger partial charge in [-0.1, -0.05) is 46.4 Å². The Morgan fingerprint density at radius 3 is 2.25 bits per heavy atom. The molecule has 1 aromatic heterocycles. The molecular formula is C13H7Cl4NO2. The smallest absolute Gasteiger partial charge is 0.309 e. The zero-order valence-corrected chi connectivity index (χ0v) is 12.9. The van der Waals surface area contributed by atoms with E-state index in [1.165, 1.54) is 6.07 Å². The Hall–Kier alpha value is -1.000. The van der Waals surface area contributed by atoms with Crippen LogP contribution in [0.2, 0.25) is 20.1 Å². The molecule has 0 atom stereocenters. The molecule has 0 aliphatic heterocycles. The molecule has 0 bridgehead atoms. The number of halogens is 4. The quantitative estimate of drug-likeness (QED) is 0.793. The van der Waals surface area contributed by atoms with Crippen LogP contribution in [0.1, 0.15) is 5.69 Å². The molecule has 7 heteroatoms. The molecule has 0 aliphatic rings. The average molecular weight is 351 g/mol. The highest BCUT2D eigenvalue weighted by atomic mass is 35.5. The fourth-order valence-electron chi connectivity index (χ4n) is 1.66. The van der Waals surface area contributed by atoms with Crippen molar-refractivity contribution in [2.24, 2.45) is 0 Å². The molecule has 0 saturated heterocycles. The van der Waals surface area contributed by atoms with Crippen molar-refractivity contribution in [2.75, 3.05) is 0 Å². The normalized spacial score (nSPS) is 10.6. The monoisotopic (exact) mass is 349 g/mol. The third-order valence-electron chi connectivity index (χ3n) is 2.52. The summed E-state index contributed by atoms with van der Waals surface area (Å²) in [5.41, 5.74) is 1.05. The SMILES string of the molecule is O=C(O)Cc1ccc(Cl)c(-c2c(Cl)ccc(Cl)c2Cl)n1. The van der Waals surface area contributed by atoms with Crippen LogP contribution in [0.15, 0.2) is 24.3 Å². The van der Waals surface area contributed by atoms with Gasteiger partial charge in [0.1, 0.15) is 0 Å². The number of rotatable bonds is 3. The van der Waals surface area contributed by atoms with Crippen molar-refractivity contribution in [3.8, 4) is 11.3 Å². The number of carboxylic acids is 1. The maximum absolute atomic E-state index is 10.7. The Morgan fingerprint density at radius 1 is 1.00 bits per heavy atom. The van der Waals surface area contributed by atoms with Crippen LogP contribution in [0.3, 0.4) is 0 Å². The van der Waals surface area contributed by atoms with Crippen LogP contribution in [0.5, 0.6) is 0 Å². The molecule has 104 valence electrons. The highest BCUT2D eigenvalue weighted by Crippen LogP contribution is 2.40. The summed E-state index contributed by atoms with van der Waals surface area (Å²) in [4.78, 5) is 14.9. The van der Waals surface area contributed by atoms with Gasteiger partial charge in [-0.3, -0.25) is 9.78 Å². The van der Waals surface area contributed by atoms with E-state index < -0.39 is 5.97 Å². The van der Waals surface area contributed by atoms with Gasteiger partial charge in [0.05, 0.1) is 37.9 Å². The summed E-state index contributed by atoms with van der Waals surface area (Å²) in [6.45, 7) is 0. The predicted octanol–water partition coefficient (Wildman–Crippen LogP) is 4.99. The molecule has 2 aromatic rings. The van der Waals surface area contributed by atoms with Crippen molar-refractivity contribution < 1.29 is 9.90 Å². The zero-order valence-electron chi connectivity index (χ0n) is 9.83. The number of nitrogens with zero attached hydrogens (tertiary/aromatic N) is 1. The number of hydrogen-bond donors (Lipinski definition) is 1. The van der Waals surface area contributed by atoms with Gasteiger partial charge in [-0.05, 0) is 24.3 Å². The molecule has 0 aliphatic carbocycles. The van der Waals surface area contributed by atoms with Crippen LogP contribution < -0.4 is 0 Å². The second-order valence-corrected chi connectivity index (χ2v) is 5.52. The molecule has 0 saturated carbocycles. The second kappa shape index (κ2) is 6.19. The fourth-order valence-corrected chi connectivity index (χ4v) is 2.56. The van der Waals surface area contributed by atoms with E-state index in [1.807, 2.05) is 0 Å². The molecule has 20 heavy (non-hydrogen) atoms. The topological polar surface area (TPSA) is 50.2 Å². The van der Waals surface area contributed by atoms with Crippen LogP contribution >= 0.6 is 46.4 Å². The number of benzene rings is 1. The summed E-state index contributed by atoms with van der Waals surface area (Å²) >= 11 is 24.3. The maximum atomic E-state index is 10.7. The molecular weight excluding hydrogens is 344 g/mol. The summed E-state index contributed by atoms with van der Waals surface area (Å²) in [6, 6.07) is 6.22. The van der Waals surface area contributed by atoms with Crippen molar-refractivity contribution >= 4 is 52.4 Å². The fraction of sp³-hybridized carbons (Fsp3) is 0.0769. The highest BCUT2D eigenvalue weighted by Gasteiger charge is 2.17. The third kappa shape index (κ3) is 3.18. The molecule has 2 rings (SSSR count). The first-order valence-electron chi connectivity index (χ1n) is 5.41. The molecule has 1 aromatic carbocycles. The lowest BCUT2D eigenvalue weighted by atomic mass is 10.1. The van der Waals surface area contributed by atoms with Gasteiger partial charge >= 0.3 is 5.97 Å². The van der Waals surface area contributed by atoms with Crippen LogP contribution in [-0.4, -0.2) is 16.1 Å². The number of carboxylic acid groups (broad SMARTS) is 1. The van der Waals surface area contributed by atoms with Crippen molar-refractivity contribution in [3.05, 3.63) is 50.0 Å². The van der Waals surface area contributed by atoms with Crippen LogP contribution in [-0.2, 0) is 11.2 Å². The van der Waals surface area contributed by atoms with E-state index in [2.05, 4.69) is 4.98 Å². The lowest BCUT2D eigenvalue weighted by Gasteiger charge is -2.10. The molecule has 0 radical (unpaired) electrons. The maximum Gasteiger partial charge on any atom is 0.309 e. The minimum absolute atomic E-state index is 0.222. The molecule has 1 N–H and O–H groups in total. The average Bonchev–Trinajstić information content (AvgIpc) is 2.37. The first-order chi connectivity index (χ1) is 9.40.